The Morgan fingerprint density at radius 3 is 2.88 bits per heavy atom. The number of oxazole rings is 1. The third-order valence-corrected chi connectivity index (χ3v) is 7.46. The van der Waals surface area contributed by atoms with Crippen LogP contribution in [-0.2, 0) is 28.6 Å². The topological polar surface area (TPSA) is 137 Å². The van der Waals surface area contributed by atoms with Crippen LogP contribution in [-0.4, -0.2) is 46.4 Å². The molecule has 12 heteroatoms. The number of aromatic nitrogens is 3. The van der Waals surface area contributed by atoms with Crippen LogP contribution in [0.1, 0.15) is 28.3 Å². The molecule has 3 heterocycles. The fourth-order valence-corrected chi connectivity index (χ4v) is 5.31. The zero-order valence-corrected chi connectivity index (χ0v) is 18.3. The van der Waals surface area contributed by atoms with Crippen LogP contribution in [0, 0.1) is 0 Å². The van der Waals surface area contributed by atoms with Crippen molar-refractivity contribution in [2.24, 2.45) is 10.7 Å². The highest BCUT2D eigenvalue weighted by Gasteiger charge is 2.50. The molecular formula is C21H19FN6O4S. The molecule has 0 radical (unpaired) electrons. The van der Waals surface area contributed by atoms with E-state index >= 15 is 0 Å². The number of benzene rings is 1. The molecule has 5 rings (SSSR count). The van der Waals surface area contributed by atoms with E-state index in [9.17, 15) is 12.8 Å². The molecule has 2 N–H and O–H groups in total. The molecule has 0 saturated carbocycles. The number of nitrogens with two attached hydrogens (primary N) is 1. The van der Waals surface area contributed by atoms with Gasteiger partial charge in [-0.2, -0.15) is 0 Å². The van der Waals surface area contributed by atoms with Crippen LogP contribution in [0.15, 0.2) is 52.5 Å². The number of hydrogen-bond donors (Lipinski definition) is 1. The first-order chi connectivity index (χ1) is 15.8. The Labute approximate surface area is 188 Å². The van der Waals surface area contributed by atoms with Crippen LogP contribution < -0.4 is 10.5 Å². The van der Waals surface area contributed by atoms with E-state index < -0.39 is 21.4 Å². The first-order valence-corrected chi connectivity index (χ1v) is 11.5. The van der Waals surface area contributed by atoms with Gasteiger partial charge in [0.2, 0.25) is 27.8 Å². The number of guanidine groups is 1. The predicted octanol–water partition coefficient (Wildman–Crippen LogP) is 1.85. The molecule has 1 aliphatic heterocycles. The largest absolute Gasteiger partial charge is 0.467 e. The lowest BCUT2D eigenvalue weighted by molar-refractivity contribution is 0.252. The van der Waals surface area contributed by atoms with E-state index in [4.69, 9.17) is 14.9 Å². The summed E-state index contributed by atoms with van der Waals surface area (Å²) in [7, 11) is -2.20. The summed E-state index contributed by atoms with van der Waals surface area (Å²) in [6.07, 6.45) is 7.26. The monoisotopic (exact) mass is 470 g/mol. The quantitative estimate of drug-likeness (QED) is 0.597. The second-order valence-electron chi connectivity index (χ2n) is 7.77. The molecule has 0 fully saturated rings. The van der Waals surface area contributed by atoms with Crippen molar-refractivity contribution in [1.29, 1.82) is 0 Å². The number of halogens is 1. The zero-order valence-electron chi connectivity index (χ0n) is 17.5. The van der Waals surface area contributed by atoms with Gasteiger partial charge in [-0.05, 0) is 28.8 Å². The second kappa shape index (κ2) is 7.66. The summed E-state index contributed by atoms with van der Waals surface area (Å²) < 4.78 is 51.2. The van der Waals surface area contributed by atoms with Gasteiger partial charge < -0.3 is 14.9 Å². The van der Waals surface area contributed by atoms with E-state index in [0.29, 0.717) is 17.9 Å². The molecule has 33 heavy (non-hydrogen) atoms. The minimum atomic E-state index is -3.58. The average Bonchev–Trinajstić information content (AvgIpc) is 3.30. The molecule has 0 unspecified atom stereocenters. The van der Waals surface area contributed by atoms with Gasteiger partial charge >= 0.3 is 0 Å². The van der Waals surface area contributed by atoms with Crippen molar-refractivity contribution < 1.29 is 22.0 Å². The Morgan fingerprint density at radius 1 is 1.33 bits per heavy atom. The fraction of sp³-hybridized carbons (Fsp3) is 0.238. The van der Waals surface area contributed by atoms with Gasteiger partial charge in [-0.25, -0.2) is 37.1 Å². The summed E-state index contributed by atoms with van der Waals surface area (Å²) in [6, 6.07) is 5.32. The molecule has 0 bridgehead atoms. The molecule has 10 nitrogen and oxygen atoms in total. The lowest BCUT2D eigenvalue weighted by Crippen LogP contribution is -2.55. The smallest absolute Gasteiger partial charge is 0.239 e. The van der Waals surface area contributed by atoms with Crippen molar-refractivity contribution in [2.75, 3.05) is 12.8 Å². The molecule has 1 aliphatic carbocycles. The van der Waals surface area contributed by atoms with E-state index in [2.05, 4.69) is 19.9 Å². The molecule has 1 spiro atoms. The van der Waals surface area contributed by atoms with Gasteiger partial charge in [-0.1, -0.05) is 12.1 Å². The van der Waals surface area contributed by atoms with Crippen molar-refractivity contribution in [3.8, 4) is 5.88 Å². The Kier molecular flexibility index (Phi) is 4.89. The Morgan fingerprint density at radius 2 is 2.18 bits per heavy atom. The third-order valence-electron chi connectivity index (χ3n) is 5.60. The summed E-state index contributed by atoms with van der Waals surface area (Å²) in [5.74, 6) is -0.255. The molecule has 1 aromatic carbocycles. The zero-order chi connectivity index (χ0) is 23.2. The highest BCUT2D eigenvalue weighted by Crippen LogP contribution is 2.46. The normalized spacial score (nSPS) is 21.3. The van der Waals surface area contributed by atoms with Crippen LogP contribution in [0.4, 0.5) is 4.39 Å². The van der Waals surface area contributed by atoms with Gasteiger partial charge in [-0.3, -0.25) is 0 Å². The first kappa shape index (κ1) is 21.1. The Hall–Kier alpha value is -3.80. The Balaban J connectivity index is 1.35. The van der Waals surface area contributed by atoms with Crippen LogP contribution in [0.2, 0.25) is 0 Å². The van der Waals surface area contributed by atoms with E-state index in [1.165, 1.54) is 38.0 Å². The summed E-state index contributed by atoms with van der Waals surface area (Å²) in [6.45, 7) is 0.0781. The van der Waals surface area contributed by atoms with Crippen molar-refractivity contribution >= 4 is 27.9 Å². The maximum Gasteiger partial charge on any atom is 0.239 e. The lowest BCUT2D eigenvalue weighted by Gasteiger charge is -2.44. The predicted molar refractivity (Wildman–Crippen MR) is 117 cm³/mol. The minimum Gasteiger partial charge on any atom is -0.467 e. The average molecular weight is 470 g/mol. The number of sulfonamides is 1. The van der Waals surface area contributed by atoms with Gasteiger partial charge in [0.25, 0.3) is 0 Å². The van der Waals surface area contributed by atoms with Crippen LogP contribution in [0.25, 0.3) is 11.9 Å². The number of aliphatic imine (C=N–C) groups is 1. The SMILES string of the molecule is CN1C(N)=N[C@@]2(Cc3ccc(/C=C(\F)c4cnc(OCc5ncco5)cn4)cc32)CS1(=O)=O. The molecule has 2 aromatic heterocycles. The summed E-state index contributed by atoms with van der Waals surface area (Å²) in [5, 5.41) is 0. The van der Waals surface area contributed by atoms with Crippen molar-refractivity contribution in [2.45, 2.75) is 18.6 Å². The molecule has 2 aliphatic rings. The molecule has 3 aromatic rings. The highest BCUT2D eigenvalue weighted by atomic mass is 32.2. The first-order valence-electron chi connectivity index (χ1n) is 9.92. The molecule has 0 saturated heterocycles. The van der Waals surface area contributed by atoms with Gasteiger partial charge in [0.15, 0.2) is 12.4 Å². The highest BCUT2D eigenvalue weighted by molar-refractivity contribution is 7.89. The maximum atomic E-state index is 14.8. The molecule has 170 valence electrons. The Bertz CT molecular complexity index is 1370. The van der Waals surface area contributed by atoms with Gasteiger partial charge in [-0.15, -0.1) is 0 Å². The minimum absolute atomic E-state index is 0.0278. The number of hydrogen-bond acceptors (Lipinski definition) is 9. The summed E-state index contributed by atoms with van der Waals surface area (Å²) in [4.78, 5) is 16.5. The third kappa shape index (κ3) is 3.82. The lowest BCUT2D eigenvalue weighted by atomic mass is 9.71. The number of rotatable bonds is 5. The maximum absolute atomic E-state index is 14.8. The van der Waals surface area contributed by atoms with Crippen LogP contribution in [0.3, 0.4) is 0 Å². The fourth-order valence-electron chi connectivity index (χ4n) is 3.86. The second-order valence-corrected chi connectivity index (χ2v) is 9.77. The van der Waals surface area contributed by atoms with Crippen LogP contribution >= 0.6 is 0 Å². The number of nitrogens with zero attached hydrogens (tertiary/aromatic N) is 5. The molecule has 1 atom stereocenters. The van der Waals surface area contributed by atoms with E-state index in [1.54, 1.807) is 12.1 Å². The van der Waals surface area contributed by atoms with Gasteiger partial charge in [0.05, 0.1) is 24.3 Å². The van der Waals surface area contributed by atoms with Crippen molar-refractivity contribution in [3.63, 3.8) is 0 Å². The number of fused-ring (bicyclic) bond motifs is 2. The molecule has 0 amide bonds. The van der Waals surface area contributed by atoms with E-state index in [0.717, 1.165) is 15.4 Å². The van der Waals surface area contributed by atoms with Crippen molar-refractivity contribution in [3.05, 3.63) is 71.3 Å². The summed E-state index contributed by atoms with van der Waals surface area (Å²) in [5.41, 5.74) is 7.16. The number of ether oxygens (including phenoxy) is 1. The van der Waals surface area contributed by atoms with Gasteiger partial charge in [0, 0.05) is 13.5 Å². The van der Waals surface area contributed by atoms with Gasteiger partial charge in [0.1, 0.15) is 17.5 Å². The van der Waals surface area contributed by atoms with Crippen molar-refractivity contribution in [1.82, 2.24) is 19.3 Å². The molecular weight excluding hydrogens is 451 g/mol. The van der Waals surface area contributed by atoms with E-state index in [-0.39, 0.29) is 29.9 Å². The van der Waals surface area contributed by atoms with Crippen LogP contribution in [0.5, 0.6) is 5.88 Å². The van der Waals surface area contributed by atoms with E-state index in [1.807, 2.05) is 6.07 Å². The summed E-state index contributed by atoms with van der Waals surface area (Å²) >= 11 is 0. The standard InChI is InChI=1S/C21H19FN6O4S/c1-28-20(23)27-21(12-33(28,29)30)8-14-3-2-13(6-15(14)21)7-16(22)17-9-26-18(10-25-17)32-11-19-24-4-5-31-19/h2-7,9-10H,8,11-12H2,1H3,(H2,23,27)/b16-7-/t21-/m0/s1.